The van der Waals surface area contributed by atoms with Gasteiger partial charge in [-0.1, -0.05) is 25.4 Å². The largest absolute Gasteiger partial charge is 0.354 e. The summed E-state index contributed by atoms with van der Waals surface area (Å²) >= 11 is 5.57. The van der Waals surface area contributed by atoms with Crippen molar-refractivity contribution in [3.63, 3.8) is 0 Å². The molecule has 1 aromatic rings. The van der Waals surface area contributed by atoms with Gasteiger partial charge < -0.3 is 5.32 Å². The van der Waals surface area contributed by atoms with E-state index in [1.807, 2.05) is 13.8 Å². The Morgan fingerprint density at radius 2 is 2.08 bits per heavy atom. The Balaban J connectivity index is 0.000000671. The van der Waals surface area contributed by atoms with E-state index in [1.165, 1.54) is 6.20 Å². The number of carbonyl (C=O) groups excluding carboxylic acids is 1. The molecule has 0 aliphatic carbocycles. The number of amides is 1. The summed E-state index contributed by atoms with van der Waals surface area (Å²) in [4.78, 5) is 14.7. The van der Waals surface area contributed by atoms with Crippen LogP contribution in [-0.4, -0.2) is 17.9 Å². The fraction of sp³-hybridized carbons (Fsp3) is 0.333. The first-order chi connectivity index (χ1) is 6.24. The predicted molar refractivity (Wildman–Crippen MR) is 54.0 cm³/mol. The number of pyridine rings is 1. The van der Waals surface area contributed by atoms with Crippen LogP contribution in [0.1, 0.15) is 24.3 Å². The van der Waals surface area contributed by atoms with E-state index in [2.05, 4.69) is 10.3 Å². The predicted octanol–water partition coefficient (Wildman–Crippen LogP) is 2.12. The van der Waals surface area contributed by atoms with Gasteiger partial charge in [0.15, 0.2) is 0 Å². The first-order valence-corrected chi connectivity index (χ1v) is 4.45. The van der Waals surface area contributed by atoms with Crippen molar-refractivity contribution in [3.05, 3.63) is 29.0 Å². The number of rotatable bonds is 1. The van der Waals surface area contributed by atoms with Gasteiger partial charge in [-0.3, -0.25) is 4.79 Å². The molecule has 13 heavy (non-hydrogen) atoms. The summed E-state index contributed by atoms with van der Waals surface area (Å²) in [5.74, 6) is -0.207. The zero-order valence-electron chi connectivity index (χ0n) is 7.97. The summed E-state index contributed by atoms with van der Waals surface area (Å²) in [5.41, 5.74) is 0.372. The molecule has 0 bridgehead atoms. The summed E-state index contributed by atoms with van der Waals surface area (Å²) < 4.78 is 0. The standard InChI is InChI=1S/C7H7ClN2O.C2H6/c1-9-7(11)6-3-2-5(8)4-10-6;1-2/h2-4H,1H3,(H,9,11);1-2H3. The lowest BCUT2D eigenvalue weighted by Crippen LogP contribution is -2.18. The minimum Gasteiger partial charge on any atom is -0.354 e. The van der Waals surface area contributed by atoms with Gasteiger partial charge in [0.25, 0.3) is 5.91 Å². The number of hydrogen-bond acceptors (Lipinski definition) is 2. The molecule has 1 N–H and O–H groups in total. The Bertz CT molecular complexity index is 259. The third-order valence-corrected chi connectivity index (χ3v) is 1.41. The van der Waals surface area contributed by atoms with Crippen molar-refractivity contribution in [2.24, 2.45) is 0 Å². The van der Waals surface area contributed by atoms with Crippen LogP contribution >= 0.6 is 11.6 Å². The molecule has 0 aliphatic rings. The van der Waals surface area contributed by atoms with Gasteiger partial charge in [-0.15, -0.1) is 0 Å². The molecule has 0 radical (unpaired) electrons. The highest BCUT2D eigenvalue weighted by atomic mass is 35.5. The summed E-state index contributed by atoms with van der Waals surface area (Å²) in [6.45, 7) is 4.00. The Hall–Kier alpha value is -1.09. The second-order valence-electron chi connectivity index (χ2n) is 1.94. The minimum absolute atomic E-state index is 0.207. The van der Waals surface area contributed by atoms with Crippen LogP contribution in [0.25, 0.3) is 0 Å². The van der Waals surface area contributed by atoms with E-state index in [0.29, 0.717) is 10.7 Å². The SMILES string of the molecule is CC.CNC(=O)c1ccc(Cl)cn1. The average molecular weight is 201 g/mol. The van der Waals surface area contributed by atoms with Crippen LogP contribution in [0.3, 0.4) is 0 Å². The topological polar surface area (TPSA) is 42.0 Å². The van der Waals surface area contributed by atoms with E-state index in [0.717, 1.165) is 0 Å². The zero-order chi connectivity index (χ0) is 10.3. The van der Waals surface area contributed by atoms with Gasteiger partial charge in [-0.05, 0) is 12.1 Å². The van der Waals surface area contributed by atoms with Crippen molar-refractivity contribution in [1.29, 1.82) is 0 Å². The summed E-state index contributed by atoms with van der Waals surface area (Å²) in [7, 11) is 1.55. The molecule has 0 unspecified atom stereocenters. The molecule has 1 heterocycles. The maximum absolute atomic E-state index is 10.9. The van der Waals surface area contributed by atoms with Crippen molar-refractivity contribution < 1.29 is 4.79 Å². The minimum atomic E-state index is -0.207. The molecule has 0 atom stereocenters. The lowest BCUT2D eigenvalue weighted by Gasteiger charge is -1.96. The van der Waals surface area contributed by atoms with Crippen molar-refractivity contribution in [3.8, 4) is 0 Å². The van der Waals surface area contributed by atoms with Gasteiger partial charge in [0.2, 0.25) is 0 Å². The van der Waals surface area contributed by atoms with Gasteiger partial charge in [-0.2, -0.15) is 0 Å². The fourth-order valence-electron chi connectivity index (χ4n) is 0.638. The maximum Gasteiger partial charge on any atom is 0.269 e. The molecule has 0 saturated carbocycles. The number of aromatic nitrogens is 1. The molecular formula is C9H13ClN2O. The van der Waals surface area contributed by atoms with Crippen molar-refractivity contribution in [2.75, 3.05) is 7.05 Å². The maximum atomic E-state index is 10.9. The van der Waals surface area contributed by atoms with Crippen LogP contribution in [0, 0.1) is 0 Å². The van der Waals surface area contributed by atoms with E-state index in [4.69, 9.17) is 11.6 Å². The monoisotopic (exact) mass is 200 g/mol. The smallest absolute Gasteiger partial charge is 0.269 e. The second kappa shape index (κ2) is 6.43. The summed E-state index contributed by atoms with van der Waals surface area (Å²) in [6, 6.07) is 3.19. The highest BCUT2D eigenvalue weighted by molar-refractivity contribution is 6.30. The molecule has 0 aliphatic heterocycles. The third kappa shape index (κ3) is 3.90. The van der Waals surface area contributed by atoms with Gasteiger partial charge >= 0.3 is 0 Å². The van der Waals surface area contributed by atoms with Crippen LogP contribution in [-0.2, 0) is 0 Å². The molecule has 1 amide bonds. The van der Waals surface area contributed by atoms with E-state index in [-0.39, 0.29) is 5.91 Å². The number of nitrogens with zero attached hydrogens (tertiary/aromatic N) is 1. The zero-order valence-corrected chi connectivity index (χ0v) is 8.72. The number of nitrogens with one attached hydrogen (secondary N) is 1. The molecule has 1 aromatic heterocycles. The normalized spacial score (nSPS) is 8.31. The Kier molecular flexibility index (Phi) is 5.89. The number of halogens is 1. The Labute approximate surface area is 83.1 Å². The van der Waals surface area contributed by atoms with Crippen molar-refractivity contribution in [2.45, 2.75) is 13.8 Å². The van der Waals surface area contributed by atoms with E-state index in [1.54, 1.807) is 19.2 Å². The Morgan fingerprint density at radius 1 is 1.46 bits per heavy atom. The molecule has 72 valence electrons. The van der Waals surface area contributed by atoms with Gasteiger partial charge in [0.05, 0.1) is 5.02 Å². The van der Waals surface area contributed by atoms with Crippen LogP contribution in [0.15, 0.2) is 18.3 Å². The quantitative estimate of drug-likeness (QED) is 0.755. The van der Waals surface area contributed by atoms with Gasteiger partial charge in [0.1, 0.15) is 5.69 Å². The van der Waals surface area contributed by atoms with E-state index < -0.39 is 0 Å². The first kappa shape index (κ1) is 11.9. The number of carbonyl (C=O) groups is 1. The average Bonchev–Trinajstić information content (AvgIpc) is 2.21. The van der Waals surface area contributed by atoms with Crippen molar-refractivity contribution >= 4 is 17.5 Å². The molecule has 3 nitrogen and oxygen atoms in total. The van der Waals surface area contributed by atoms with Crippen LogP contribution in [0.5, 0.6) is 0 Å². The molecule has 0 fully saturated rings. The fourth-order valence-corrected chi connectivity index (χ4v) is 0.750. The molecule has 0 saturated heterocycles. The highest BCUT2D eigenvalue weighted by Gasteiger charge is 2.02. The number of hydrogen-bond donors (Lipinski definition) is 1. The highest BCUT2D eigenvalue weighted by Crippen LogP contribution is 2.05. The van der Waals surface area contributed by atoms with E-state index >= 15 is 0 Å². The van der Waals surface area contributed by atoms with Gasteiger partial charge in [0, 0.05) is 13.2 Å². The van der Waals surface area contributed by atoms with Gasteiger partial charge in [-0.25, -0.2) is 4.98 Å². The van der Waals surface area contributed by atoms with Crippen LogP contribution < -0.4 is 5.32 Å². The lowest BCUT2D eigenvalue weighted by molar-refractivity contribution is 0.0958. The van der Waals surface area contributed by atoms with Crippen molar-refractivity contribution in [1.82, 2.24) is 10.3 Å². The van der Waals surface area contributed by atoms with Crippen LogP contribution in [0.4, 0.5) is 0 Å². The Morgan fingerprint density at radius 3 is 2.46 bits per heavy atom. The molecule has 0 aromatic carbocycles. The summed E-state index contributed by atoms with van der Waals surface area (Å²) in [5, 5.41) is 2.98. The summed E-state index contributed by atoms with van der Waals surface area (Å²) in [6.07, 6.45) is 1.44. The molecular weight excluding hydrogens is 188 g/mol. The first-order valence-electron chi connectivity index (χ1n) is 4.07. The lowest BCUT2D eigenvalue weighted by atomic mass is 10.3. The van der Waals surface area contributed by atoms with Crippen LogP contribution in [0.2, 0.25) is 5.02 Å². The third-order valence-electron chi connectivity index (χ3n) is 1.19. The van der Waals surface area contributed by atoms with E-state index in [9.17, 15) is 4.79 Å². The second-order valence-corrected chi connectivity index (χ2v) is 2.38. The molecule has 1 rings (SSSR count). The molecule has 0 spiro atoms. The molecule has 4 heteroatoms.